The second kappa shape index (κ2) is 22.5. The highest BCUT2D eigenvalue weighted by Crippen LogP contribution is 2.37. The molecule has 0 N–H and O–H groups in total. The normalized spacial score (nSPS) is 17.8. The Morgan fingerprint density at radius 1 is 0.688 bits per heavy atom. The minimum absolute atomic E-state index is 0.860. The Bertz CT molecular complexity index is 381. The van der Waals surface area contributed by atoms with E-state index >= 15 is 0 Å². The molecule has 194 valence electrons. The summed E-state index contributed by atoms with van der Waals surface area (Å²) in [5.41, 5.74) is 0. The van der Waals surface area contributed by atoms with Crippen LogP contribution in [0, 0.1) is 41.4 Å². The Morgan fingerprint density at radius 3 is 1.59 bits per heavy atom. The van der Waals surface area contributed by atoms with Gasteiger partial charge >= 0.3 is 0 Å². The van der Waals surface area contributed by atoms with E-state index in [9.17, 15) is 0 Å². The van der Waals surface area contributed by atoms with Crippen LogP contribution in [0.4, 0.5) is 0 Å². The third-order valence-electron chi connectivity index (χ3n) is 7.88. The lowest BCUT2D eigenvalue weighted by atomic mass is 9.72. The fourth-order valence-electron chi connectivity index (χ4n) is 5.69. The Hall–Kier alpha value is -0.260. The van der Waals surface area contributed by atoms with Gasteiger partial charge in [-0.2, -0.15) is 0 Å². The smallest absolute Gasteiger partial charge is 0.0320 e. The standard InChI is InChI=1S/C22H42.C8H18.C2H6/c1-6-11-21(12-7-2)22(16-15-18(3)4)17-19(5)20-13-9-8-10-14-20;1-5-8(6-2)7(3)4;1-2/h8-9,18-22H,6-7,10-17H2,1-5H3;7-8H,5-6H2,1-4H3;1-2H3. The fourth-order valence-corrected chi connectivity index (χ4v) is 5.69. The van der Waals surface area contributed by atoms with Crippen molar-refractivity contribution < 1.29 is 0 Å². The molecule has 0 saturated heterocycles. The van der Waals surface area contributed by atoms with E-state index in [2.05, 4.69) is 74.5 Å². The zero-order chi connectivity index (χ0) is 24.9. The van der Waals surface area contributed by atoms with E-state index in [-0.39, 0.29) is 0 Å². The van der Waals surface area contributed by atoms with Crippen LogP contribution in [-0.4, -0.2) is 0 Å². The zero-order valence-corrected chi connectivity index (χ0v) is 24.7. The predicted octanol–water partition coefficient (Wildman–Crippen LogP) is 11.7. The van der Waals surface area contributed by atoms with Gasteiger partial charge in [-0.1, -0.05) is 133 Å². The molecule has 0 aromatic carbocycles. The van der Waals surface area contributed by atoms with Crippen molar-refractivity contribution in [3.8, 4) is 0 Å². The van der Waals surface area contributed by atoms with Crippen LogP contribution in [0.5, 0.6) is 0 Å². The van der Waals surface area contributed by atoms with E-state index in [0.717, 1.165) is 41.4 Å². The number of allylic oxidation sites excluding steroid dienone is 2. The molecule has 0 amide bonds. The summed E-state index contributed by atoms with van der Waals surface area (Å²) in [4.78, 5) is 0. The van der Waals surface area contributed by atoms with Gasteiger partial charge in [0.25, 0.3) is 0 Å². The number of hydrogen-bond acceptors (Lipinski definition) is 0. The molecular formula is C32H66. The number of rotatable bonds is 14. The second-order valence-corrected chi connectivity index (χ2v) is 11.1. The average molecular weight is 451 g/mol. The third-order valence-corrected chi connectivity index (χ3v) is 7.88. The van der Waals surface area contributed by atoms with E-state index in [0.29, 0.717) is 0 Å². The SMILES string of the molecule is CC.CCC(CC)C(C)C.CCCC(CCC)C(CCC(C)C)CC(C)C1CC=CCC1. The highest BCUT2D eigenvalue weighted by atomic mass is 14.3. The molecular weight excluding hydrogens is 384 g/mol. The van der Waals surface area contributed by atoms with Crippen LogP contribution in [-0.2, 0) is 0 Å². The van der Waals surface area contributed by atoms with Crippen molar-refractivity contribution in [1.82, 2.24) is 0 Å². The van der Waals surface area contributed by atoms with Crippen molar-refractivity contribution >= 4 is 0 Å². The van der Waals surface area contributed by atoms with Gasteiger partial charge in [0, 0.05) is 0 Å². The molecule has 0 bridgehead atoms. The number of hydrogen-bond donors (Lipinski definition) is 0. The first-order chi connectivity index (χ1) is 15.3. The maximum Gasteiger partial charge on any atom is -0.0320 e. The van der Waals surface area contributed by atoms with Gasteiger partial charge in [0.1, 0.15) is 0 Å². The molecule has 32 heavy (non-hydrogen) atoms. The topological polar surface area (TPSA) is 0 Å². The average Bonchev–Trinajstić information content (AvgIpc) is 2.79. The van der Waals surface area contributed by atoms with Gasteiger partial charge in [-0.3, -0.25) is 0 Å². The predicted molar refractivity (Wildman–Crippen MR) is 151 cm³/mol. The Balaban J connectivity index is 0. The summed E-state index contributed by atoms with van der Waals surface area (Å²) in [6.07, 6.45) is 21.6. The summed E-state index contributed by atoms with van der Waals surface area (Å²) >= 11 is 0. The summed E-state index contributed by atoms with van der Waals surface area (Å²) in [5, 5.41) is 0. The van der Waals surface area contributed by atoms with Gasteiger partial charge in [-0.15, -0.1) is 0 Å². The fraction of sp³-hybridized carbons (Fsp3) is 0.938. The summed E-state index contributed by atoms with van der Waals surface area (Å²) in [7, 11) is 0. The largest absolute Gasteiger partial charge is 0.0885 e. The second-order valence-electron chi connectivity index (χ2n) is 11.1. The van der Waals surface area contributed by atoms with Crippen molar-refractivity contribution in [2.45, 2.75) is 153 Å². The molecule has 0 heteroatoms. The Morgan fingerprint density at radius 2 is 1.25 bits per heavy atom. The van der Waals surface area contributed by atoms with Crippen molar-refractivity contribution in [3.63, 3.8) is 0 Å². The molecule has 0 aliphatic heterocycles. The van der Waals surface area contributed by atoms with Crippen LogP contribution >= 0.6 is 0 Å². The minimum atomic E-state index is 0.860. The van der Waals surface area contributed by atoms with Gasteiger partial charge < -0.3 is 0 Å². The van der Waals surface area contributed by atoms with E-state index in [1.54, 1.807) is 0 Å². The Labute approximate surface area is 206 Å². The molecule has 0 aromatic rings. The Kier molecular flexibility index (Phi) is 23.9. The van der Waals surface area contributed by atoms with Crippen LogP contribution in [0.3, 0.4) is 0 Å². The summed E-state index contributed by atoms with van der Waals surface area (Å²) in [6.45, 7) is 25.2. The van der Waals surface area contributed by atoms with Crippen molar-refractivity contribution in [2.24, 2.45) is 41.4 Å². The first-order valence-electron chi connectivity index (χ1n) is 14.9. The monoisotopic (exact) mass is 451 g/mol. The van der Waals surface area contributed by atoms with Gasteiger partial charge in [0.05, 0.1) is 0 Å². The lowest BCUT2D eigenvalue weighted by Gasteiger charge is -2.33. The lowest BCUT2D eigenvalue weighted by Crippen LogP contribution is -2.22. The molecule has 0 saturated carbocycles. The molecule has 1 aliphatic rings. The molecule has 1 rings (SSSR count). The summed E-state index contributed by atoms with van der Waals surface area (Å²) in [6, 6.07) is 0. The lowest BCUT2D eigenvalue weighted by molar-refractivity contribution is 0.185. The first-order valence-corrected chi connectivity index (χ1v) is 14.9. The maximum atomic E-state index is 2.54. The van der Waals surface area contributed by atoms with Crippen LogP contribution in [0.2, 0.25) is 0 Å². The van der Waals surface area contributed by atoms with Crippen molar-refractivity contribution in [1.29, 1.82) is 0 Å². The van der Waals surface area contributed by atoms with Gasteiger partial charge in [0.2, 0.25) is 0 Å². The highest BCUT2D eigenvalue weighted by Gasteiger charge is 2.26. The molecule has 0 heterocycles. The minimum Gasteiger partial charge on any atom is -0.0885 e. The van der Waals surface area contributed by atoms with Gasteiger partial charge in [-0.05, 0) is 73.5 Å². The molecule has 0 spiro atoms. The van der Waals surface area contributed by atoms with Crippen LogP contribution in [0.25, 0.3) is 0 Å². The van der Waals surface area contributed by atoms with Gasteiger partial charge in [0.15, 0.2) is 0 Å². The molecule has 3 unspecified atom stereocenters. The van der Waals surface area contributed by atoms with Crippen LogP contribution < -0.4 is 0 Å². The molecule has 0 aromatic heterocycles. The van der Waals surface area contributed by atoms with E-state index in [4.69, 9.17) is 0 Å². The van der Waals surface area contributed by atoms with Crippen molar-refractivity contribution in [2.75, 3.05) is 0 Å². The van der Waals surface area contributed by atoms with E-state index in [1.165, 1.54) is 77.0 Å². The first kappa shape index (κ1) is 33.9. The van der Waals surface area contributed by atoms with E-state index in [1.807, 2.05) is 13.8 Å². The van der Waals surface area contributed by atoms with E-state index < -0.39 is 0 Å². The third kappa shape index (κ3) is 16.4. The summed E-state index contributed by atoms with van der Waals surface area (Å²) < 4.78 is 0. The zero-order valence-electron chi connectivity index (χ0n) is 24.7. The molecule has 1 aliphatic carbocycles. The molecule has 3 atom stereocenters. The van der Waals surface area contributed by atoms with Gasteiger partial charge in [-0.25, -0.2) is 0 Å². The summed E-state index contributed by atoms with van der Waals surface area (Å²) in [5.74, 6) is 6.52. The molecule has 0 fully saturated rings. The van der Waals surface area contributed by atoms with Crippen molar-refractivity contribution in [3.05, 3.63) is 12.2 Å². The highest BCUT2D eigenvalue weighted by molar-refractivity contribution is 4.92. The molecule has 0 nitrogen and oxygen atoms in total. The molecule has 0 radical (unpaired) electrons. The van der Waals surface area contributed by atoms with Crippen LogP contribution in [0.1, 0.15) is 153 Å². The quantitative estimate of drug-likeness (QED) is 0.231. The maximum absolute atomic E-state index is 2.54. The van der Waals surface area contributed by atoms with Crippen LogP contribution in [0.15, 0.2) is 12.2 Å².